The van der Waals surface area contributed by atoms with Crippen LogP contribution in [-0.2, 0) is 0 Å². The van der Waals surface area contributed by atoms with Gasteiger partial charge in [0.25, 0.3) is 5.19 Å². The number of anilines is 2. The predicted octanol–water partition coefficient (Wildman–Crippen LogP) is 3.37. The van der Waals surface area contributed by atoms with Crippen LogP contribution in [0.3, 0.4) is 0 Å². The Bertz CT molecular complexity index is 804. The maximum atomic E-state index is 9.49. The first-order chi connectivity index (χ1) is 10.7. The van der Waals surface area contributed by atoms with Gasteiger partial charge in [0.15, 0.2) is 0 Å². The lowest BCUT2D eigenvalue weighted by Gasteiger charge is -2.06. The number of aromatic hydroxyl groups is 1. The number of nitrogens with zero attached hydrogens (tertiary/aromatic N) is 3. The molecule has 3 rings (SSSR count). The number of nitrogens with one attached hydrogen (secondary N) is 1. The zero-order chi connectivity index (χ0) is 15.5. The van der Waals surface area contributed by atoms with Gasteiger partial charge in [-0.2, -0.15) is 0 Å². The normalized spacial score (nSPS) is 10.5. The second-order valence-electron chi connectivity index (χ2n) is 4.54. The quantitative estimate of drug-likeness (QED) is 0.768. The third-order valence-corrected chi connectivity index (χ3v) is 4.08. The van der Waals surface area contributed by atoms with E-state index in [0.717, 1.165) is 22.0 Å². The lowest BCUT2D eigenvalue weighted by Crippen LogP contribution is -1.97. The van der Waals surface area contributed by atoms with Gasteiger partial charge in [0.2, 0.25) is 5.95 Å². The summed E-state index contributed by atoms with van der Waals surface area (Å²) >= 11 is 1.44. The Labute approximate surface area is 131 Å². The minimum Gasteiger partial charge on any atom is -0.508 e. The highest BCUT2D eigenvalue weighted by Crippen LogP contribution is 2.33. The molecule has 0 radical (unpaired) electrons. The molecular weight excluding hydrogens is 300 g/mol. The van der Waals surface area contributed by atoms with Crippen molar-refractivity contribution in [2.45, 2.75) is 6.92 Å². The van der Waals surface area contributed by atoms with E-state index in [0.29, 0.717) is 11.1 Å². The molecule has 2 aromatic heterocycles. The molecule has 0 aliphatic rings. The molecule has 0 atom stereocenters. The first kappa shape index (κ1) is 14.3. The van der Waals surface area contributed by atoms with Crippen LogP contribution in [0.1, 0.15) is 5.69 Å². The van der Waals surface area contributed by atoms with Crippen molar-refractivity contribution in [3.05, 3.63) is 42.2 Å². The van der Waals surface area contributed by atoms with Crippen LogP contribution in [0.15, 0.2) is 36.5 Å². The maximum absolute atomic E-state index is 9.49. The molecule has 2 N–H and O–H groups in total. The highest BCUT2D eigenvalue weighted by Gasteiger charge is 2.12. The molecule has 0 bridgehead atoms. The Morgan fingerprint density at radius 2 is 2.09 bits per heavy atom. The molecule has 7 heteroatoms. The summed E-state index contributed by atoms with van der Waals surface area (Å²) in [5, 5.41) is 13.2. The monoisotopic (exact) mass is 314 g/mol. The Kier molecular flexibility index (Phi) is 3.88. The van der Waals surface area contributed by atoms with Crippen molar-refractivity contribution in [2.75, 3.05) is 12.4 Å². The van der Waals surface area contributed by atoms with Crippen molar-refractivity contribution in [3.63, 3.8) is 0 Å². The highest BCUT2D eigenvalue weighted by atomic mass is 32.1. The van der Waals surface area contributed by atoms with Gasteiger partial charge in [-0.3, -0.25) is 0 Å². The zero-order valence-electron chi connectivity index (χ0n) is 12.1. The molecule has 2 heterocycles. The molecule has 0 saturated heterocycles. The molecule has 0 fully saturated rings. The fraction of sp³-hybridized carbons (Fsp3) is 0.133. The second-order valence-corrected chi connectivity index (χ2v) is 5.50. The van der Waals surface area contributed by atoms with Crippen molar-refractivity contribution in [1.82, 2.24) is 15.0 Å². The molecule has 1 aromatic carbocycles. The fourth-order valence-corrected chi connectivity index (χ4v) is 2.81. The summed E-state index contributed by atoms with van der Waals surface area (Å²) in [6.45, 7) is 1.92. The molecule has 22 heavy (non-hydrogen) atoms. The van der Waals surface area contributed by atoms with Crippen LogP contribution in [0.4, 0.5) is 11.6 Å². The summed E-state index contributed by atoms with van der Waals surface area (Å²) in [7, 11) is 1.59. The molecule has 3 aromatic rings. The molecular formula is C15H14N4O2S. The van der Waals surface area contributed by atoms with Gasteiger partial charge in [-0.05, 0) is 25.1 Å². The van der Waals surface area contributed by atoms with Gasteiger partial charge in [-0.25, -0.2) is 15.0 Å². The summed E-state index contributed by atoms with van der Waals surface area (Å²) in [4.78, 5) is 13.9. The van der Waals surface area contributed by atoms with Gasteiger partial charge >= 0.3 is 0 Å². The first-order valence-corrected chi connectivity index (χ1v) is 7.38. The van der Waals surface area contributed by atoms with Crippen molar-refractivity contribution >= 4 is 23.0 Å². The lowest BCUT2D eigenvalue weighted by molar-refractivity contribution is 0.411. The second kappa shape index (κ2) is 5.98. The van der Waals surface area contributed by atoms with E-state index in [1.54, 1.807) is 31.5 Å². The van der Waals surface area contributed by atoms with E-state index in [9.17, 15) is 5.11 Å². The number of methoxy groups -OCH3 is 1. The largest absolute Gasteiger partial charge is 0.508 e. The SMILES string of the molecule is COc1nc(C)c(-c2ccnc(Nc3cccc(O)c3)n2)s1. The molecule has 0 unspecified atom stereocenters. The summed E-state index contributed by atoms with van der Waals surface area (Å²) < 4.78 is 5.16. The lowest BCUT2D eigenvalue weighted by atomic mass is 10.3. The Hall–Kier alpha value is -2.67. The van der Waals surface area contributed by atoms with Crippen molar-refractivity contribution in [2.24, 2.45) is 0 Å². The number of aromatic nitrogens is 3. The van der Waals surface area contributed by atoms with Gasteiger partial charge in [-0.15, -0.1) is 0 Å². The molecule has 0 amide bonds. The average Bonchev–Trinajstić information content (AvgIpc) is 2.89. The molecule has 0 spiro atoms. The van der Waals surface area contributed by atoms with Crippen LogP contribution in [-0.4, -0.2) is 27.2 Å². The van der Waals surface area contributed by atoms with E-state index in [2.05, 4.69) is 20.3 Å². The van der Waals surface area contributed by atoms with Crippen molar-refractivity contribution in [3.8, 4) is 21.5 Å². The molecule has 0 aliphatic heterocycles. The Morgan fingerprint density at radius 3 is 2.82 bits per heavy atom. The Balaban J connectivity index is 1.90. The molecule has 0 saturated carbocycles. The van der Waals surface area contributed by atoms with Gasteiger partial charge in [0.05, 0.1) is 23.4 Å². The summed E-state index contributed by atoms with van der Waals surface area (Å²) in [6, 6.07) is 8.62. The zero-order valence-corrected chi connectivity index (χ0v) is 12.9. The number of ether oxygens (including phenoxy) is 1. The van der Waals surface area contributed by atoms with Crippen molar-refractivity contribution in [1.29, 1.82) is 0 Å². The van der Waals surface area contributed by atoms with E-state index in [1.807, 2.05) is 19.1 Å². The van der Waals surface area contributed by atoms with Gasteiger partial charge < -0.3 is 15.2 Å². The Morgan fingerprint density at radius 1 is 1.23 bits per heavy atom. The maximum Gasteiger partial charge on any atom is 0.273 e. The molecule has 112 valence electrons. The number of aryl methyl sites for hydroxylation is 1. The summed E-state index contributed by atoms with van der Waals surface area (Å²) in [5.74, 6) is 0.638. The predicted molar refractivity (Wildman–Crippen MR) is 85.8 cm³/mol. The number of thiazole rings is 1. The van der Waals surface area contributed by atoms with E-state index >= 15 is 0 Å². The van der Waals surface area contributed by atoms with Gasteiger partial charge in [-0.1, -0.05) is 17.4 Å². The van der Waals surface area contributed by atoms with Crippen LogP contribution in [0.2, 0.25) is 0 Å². The standard InChI is InChI=1S/C15H14N4O2S/c1-9-13(22-15(17-9)21-2)12-6-7-16-14(19-12)18-10-4-3-5-11(20)8-10/h3-8,20H,1-2H3,(H,16,18,19). The van der Waals surface area contributed by atoms with E-state index in [1.165, 1.54) is 11.3 Å². The number of hydrogen-bond acceptors (Lipinski definition) is 7. The topological polar surface area (TPSA) is 80.2 Å². The summed E-state index contributed by atoms with van der Waals surface area (Å²) in [5.41, 5.74) is 2.36. The van der Waals surface area contributed by atoms with E-state index in [4.69, 9.17) is 4.74 Å². The van der Waals surface area contributed by atoms with Gasteiger partial charge in [0, 0.05) is 18.0 Å². The van der Waals surface area contributed by atoms with Crippen LogP contribution >= 0.6 is 11.3 Å². The fourth-order valence-electron chi connectivity index (χ4n) is 1.95. The van der Waals surface area contributed by atoms with Crippen LogP contribution in [0.5, 0.6) is 10.9 Å². The molecule has 6 nitrogen and oxygen atoms in total. The van der Waals surface area contributed by atoms with Gasteiger partial charge in [0.1, 0.15) is 5.75 Å². The number of rotatable bonds is 4. The minimum atomic E-state index is 0.184. The number of phenolic OH excluding ortho intramolecular Hbond substituents is 1. The van der Waals surface area contributed by atoms with Crippen LogP contribution in [0, 0.1) is 6.92 Å². The highest BCUT2D eigenvalue weighted by molar-refractivity contribution is 7.17. The third-order valence-electron chi connectivity index (χ3n) is 2.94. The smallest absolute Gasteiger partial charge is 0.273 e. The van der Waals surface area contributed by atoms with E-state index in [-0.39, 0.29) is 5.75 Å². The minimum absolute atomic E-state index is 0.184. The number of hydrogen-bond donors (Lipinski definition) is 2. The van der Waals surface area contributed by atoms with Crippen molar-refractivity contribution < 1.29 is 9.84 Å². The third kappa shape index (κ3) is 2.99. The van der Waals surface area contributed by atoms with E-state index < -0.39 is 0 Å². The number of phenols is 1. The number of benzene rings is 1. The van der Waals surface area contributed by atoms with Crippen LogP contribution < -0.4 is 10.1 Å². The van der Waals surface area contributed by atoms with Crippen LogP contribution in [0.25, 0.3) is 10.6 Å². The molecule has 0 aliphatic carbocycles. The average molecular weight is 314 g/mol. The summed E-state index contributed by atoms with van der Waals surface area (Å²) in [6.07, 6.45) is 1.68. The first-order valence-electron chi connectivity index (χ1n) is 6.56.